The van der Waals surface area contributed by atoms with Crippen LogP contribution >= 0.6 is 11.8 Å². The molecule has 0 spiro atoms. The molecule has 0 radical (unpaired) electrons. The molecule has 0 atom stereocenters. The van der Waals surface area contributed by atoms with Gasteiger partial charge in [0, 0.05) is 4.90 Å². The summed E-state index contributed by atoms with van der Waals surface area (Å²) in [5, 5.41) is 2.27. The van der Waals surface area contributed by atoms with Crippen LogP contribution in [0.15, 0.2) is 47.4 Å². The Labute approximate surface area is 155 Å². The van der Waals surface area contributed by atoms with E-state index >= 15 is 0 Å². The topological polar surface area (TPSA) is 64.6 Å². The molecule has 0 unspecified atom stereocenters. The number of para-hydroxylation sites is 2. The van der Waals surface area contributed by atoms with E-state index in [0.29, 0.717) is 11.8 Å². The van der Waals surface area contributed by atoms with Crippen molar-refractivity contribution in [3.63, 3.8) is 0 Å². The Balaban J connectivity index is 1.82. The van der Waals surface area contributed by atoms with Crippen LogP contribution < -0.4 is 10.1 Å². The molecule has 0 aliphatic carbocycles. The molecule has 1 amide bonds. The predicted octanol–water partition coefficient (Wildman–Crippen LogP) is 3.84. The zero-order valence-electron chi connectivity index (χ0n) is 13.6. The first-order valence-corrected chi connectivity index (χ1v) is 8.41. The molecular weight excluding hydrogens is 390 g/mol. The highest BCUT2D eigenvalue weighted by Gasteiger charge is 2.14. The van der Waals surface area contributed by atoms with Crippen molar-refractivity contribution in [3.8, 4) is 5.75 Å². The summed E-state index contributed by atoms with van der Waals surface area (Å²) in [5.41, 5.74) is -0.0185. The highest BCUT2D eigenvalue weighted by molar-refractivity contribution is 8.00. The van der Waals surface area contributed by atoms with E-state index in [1.807, 2.05) is 0 Å². The van der Waals surface area contributed by atoms with Crippen LogP contribution in [-0.2, 0) is 14.3 Å². The minimum absolute atomic E-state index is 0.0185. The number of esters is 1. The first-order chi connectivity index (χ1) is 12.8. The van der Waals surface area contributed by atoms with Crippen molar-refractivity contribution >= 4 is 29.3 Å². The van der Waals surface area contributed by atoms with Crippen molar-refractivity contribution in [3.05, 3.63) is 54.1 Å². The van der Waals surface area contributed by atoms with Crippen molar-refractivity contribution in [2.45, 2.75) is 11.5 Å². The number of hydrogen-bond donors (Lipinski definition) is 1. The minimum Gasteiger partial charge on any atom is -0.455 e. The van der Waals surface area contributed by atoms with Crippen LogP contribution in [0.2, 0.25) is 0 Å². The number of halogens is 4. The second-order valence-corrected chi connectivity index (χ2v) is 5.96. The summed E-state index contributed by atoms with van der Waals surface area (Å²) in [6, 6.07) is 8.30. The summed E-state index contributed by atoms with van der Waals surface area (Å²) < 4.78 is 60.1. The molecule has 0 aliphatic rings. The van der Waals surface area contributed by atoms with Gasteiger partial charge in [0.05, 0.1) is 11.4 Å². The number of rotatable bonds is 8. The van der Waals surface area contributed by atoms with Gasteiger partial charge in [-0.2, -0.15) is 8.78 Å². The number of ether oxygens (including phenoxy) is 2. The van der Waals surface area contributed by atoms with Gasteiger partial charge in [0.15, 0.2) is 6.61 Å². The fourth-order valence-electron chi connectivity index (χ4n) is 1.87. The van der Waals surface area contributed by atoms with Crippen molar-refractivity contribution in [2.75, 3.05) is 17.7 Å². The third kappa shape index (κ3) is 6.81. The van der Waals surface area contributed by atoms with E-state index < -0.39 is 36.7 Å². The Morgan fingerprint density at radius 3 is 2.59 bits per heavy atom. The third-order valence-corrected chi connectivity index (χ3v) is 3.98. The summed E-state index contributed by atoms with van der Waals surface area (Å²) in [7, 11) is 0. The molecule has 2 aromatic carbocycles. The summed E-state index contributed by atoms with van der Waals surface area (Å²) in [6.07, 6.45) is 0. The molecule has 0 saturated carbocycles. The maximum Gasteiger partial charge on any atom is 0.387 e. The second-order valence-electron chi connectivity index (χ2n) is 4.95. The highest BCUT2D eigenvalue weighted by atomic mass is 32.2. The van der Waals surface area contributed by atoms with Crippen molar-refractivity contribution in [1.82, 2.24) is 0 Å². The van der Waals surface area contributed by atoms with Gasteiger partial charge >= 0.3 is 12.6 Å². The van der Waals surface area contributed by atoms with Gasteiger partial charge < -0.3 is 14.8 Å². The van der Waals surface area contributed by atoms with Crippen LogP contribution in [0.1, 0.15) is 0 Å². The maximum absolute atomic E-state index is 13.4. The van der Waals surface area contributed by atoms with Gasteiger partial charge in [0.25, 0.3) is 5.91 Å². The molecule has 5 nitrogen and oxygen atoms in total. The smallest absolute Gasteiger partial charge is 0.387 e. The maximum atomic E-state index is 13.4. The summed E-state index contributed by atoms with van der Waals surface area (Å²) in [5.74, 6) is -3.56. The van der Waals surface area contributed by atoms with Crippen molar-refractivity contribution in [1.29, 1.82) is 0 Å². The molecule has 0 fully saturated rings. The van der Waals surface area contributed by atoms with Gasteiger partial charge in [0.1, 0.15) is 17.4 Å². The number of alkyl halides is 2. The lowest BCUT2D eigenvalue weighted by Crippen LogP contribution is -2.22. The summed E-state index contributed by atoms with van der Waals surface area (Å²) in [6.45, 7) is -3.75. The van der Waals surface area contributed by atoms with Crippen LogP contribution in [0.4, 0.5) is 23.2 Å². The van der Waals surface area contributed by atoms with E-state index in [0.717, 1.165) is 18.2 Å². The van der Waals surface area contributed by atoms with Crippen LogP contribution in [0, 0.1) is 11.6 Å². The molecule has 2 rings (SSSR count). The predicted molar refractivity (Wildman–Crippen MR) is 89.7 cm³/mol. The molecule has 27 heavy (non-hydrogen) atoms. The standard InChI is InChI=1S/C17H13F4NO4S/c18-10-5-6-11(19)14(7-10)27-9-16(24)25-8-15(23)22-12-3-1-2-4-13(12)26-17(20)21/h1-7,17H,8-9H2,(H,22,23). The molecule has 144 valence electrons. The van der Waals surface area contributed by atoms with Gasteiger partial charge in [-0.1, -0.05) is 12.1 Å². The highest BCUT2D eigenvalue weighted by Crippen LogP contribution is 2.25. The number of nitrogens with one attached hydrogen (secondary N) is 1. The number of thioether (sulfide) groups is 1. The zero-order valence-corrected chi connectivity index (χ0v) is 14.4. The number of amides is 1. The second kappa shape index (κ2) is 9.81. The van der Waals surface area contributed by atoms with E-state index in [-0.39, 0.29) is 22.1 Å². The molecule has 1 N–H and O–H groups in total. The SMILES string of the molecule is O=C(COC(=O)CSc1cc(F)ccc1F)Nc1ccccc1OC(F)F. The van der Waals surface area contributed by atoms with E-state index in [2.05, 4.69) is 10.1 Å². The number of anilines is 1. The summed E-state index contributed by atoms with van der Waals surface area (Å²) in [4.78, 5) is 23.3. The average molecular weight is 403 g/mol. The monoisotopic (exact) mass is 403 g/mol. The van der Waals surface area contributed by atoms with Gasteiger partial charge in [-0.3, -0.25) is 9.59 Å². The normalized spacial score (nSPS) is 10.6. The molecule has 0 saturated heterocycles. The fraction of sp³-hybridized carbons (Fsp3) is 0.176. The fourth-order valence-corrected chi connectivity index (χ4v) is 2.63. The first kappa shape index (κ1) is 20.6. The van der Waals surface area contributed by atoms with Gasteiger partial charge in [-0.25, -0.2) is 8.78 Å². The van der Waals surface area contributed by atoms with E-state index in [1.54, 1.807) is 0 Å². The van der Waals surface area contributed by atoms with Crippen molar-refractivity contribution < 1.29 is 36.6 Å². The molecular formula is C17H13F4NO4S. The molecule has 0 bridgehead atoms. The third-order valence-electron chi connectivity index (χ3n) is 2.98. The Hall–Kier alpha value is -2.75. The Kier molecular flexibility index (Phi) is 7.47. The lowest BCUT2D eigenvalue weighted by Gasteiger charge is -2.11. The Morgan fingerprint density at radius 1 is 1.11 bits per heavy atom. The van der Waals surface area contributed by atoms with Crippen LogP contribution in [0.3, 0.4) is 0 Å². The Bertz CT molecular complexity index is 819. The molecule has 2 aromatic rings. The molecule has 0 heterocycles. The van der Waals surface area contributed by atoms with Crippen LogP contribution in [0.5, 0.6) is 5.75 Å². The largest absolute Gasteiger partial charge is 0.455 e. The van der Waals surface area contributed by atoms with Gasteiger partial charge in [-0.05, 0) is 30.3 Å². The number of hydrogen-bond acceptors (Lipinski definition) is 5. The van der Waals surface area contributed by atoms with Crippen molar-refractivity contribution in [2.24, 2.45) is 0 Å². The van der Waals surface area contributed by atoms with Gasteiger partial charge in [-0.15, -0.1) is 11.8 Å². The first-order valence-electron chi connectivity index (χ1n) is 7.42. The lowest BCUT2D eigenvalue weighted by atomic mass is 10.3. The lowest BCUT2D eigenvalue weighted by molar-refractivity contribution is -0.144. The van der Waals surface area contributed by atoms with E-state index in [9.17, 15) is 27.2 Å². The van der Waals surface area contributed by atoms with Gasteiger partial charge in [0.2, 0.25) is 0 Å². The zero-order chi connectivity index (χ0) is 19.8. The average Bonchev–Trinajstić information content (AvgIpc) is 2.62. The number of carbonyl (C=O) groups is 2. The summed E-state index contributed by atoms with van der Waals surface area (Å²) >= 11 is 0.710. The quantitative estimate of drug-likeness (QED) is 0.412. The number of benzene rings is 2. The number of carbonyl (C=O) groups excluding carboxylic acids is 2. The minimum atomic E-state index is -3.07. The van der Waals surface area contributed by atoms with Crippen LogP contribution in [0.25, 0.3) is 0 Å². The van der Waals surface area contributed by atoms with E-state index in [4.69, 9.17) is 4.74 Å². The Morgan fingerprint density at radius 2 is 1.85 bits per heavy atom. The van der Waals surface area contributed by atoms with E-state index in [1.165, 1.54) is 24.3 Å². The molecule has 0 aromatic heterocycles. The molecule has 0 aliphatic heterocycles. The van der Waals surface area contributed by atoms with Crippen LogP contribution in [-0.4, -0.2) is 30.8 Å². The molecule has 10 heteroatoms.